The highest BCUT2D eigenvalue weighted by atomic mass is 127. The molecule has 7 nitrogen and oxygen atoms in total. The van der Waals surface area contributed by atoms with E-state index in [0.29, 0.717) is 15.0 Å². The number of urea groups is 2. The number of nitrogens with zero attached hydrogens (tertiary/aromatic N) is 1. The highest BCUT2D eigenvalue weighted by molar-refractivity contribution is 14.1. The number of benzene rings is 2. The molecule has 4 amide bonds. The molecule has 2 aromatic carbocycles. The van der Waals surface area contributed by atoms with E-state index in [-0.39, 0.29) is 5.69 Å². The van der Waals surface area contributed by atoms with Crippen LogP contribution in [0.3, 0.4) is 0 Å². The number of amides is 4. The van der Waals surface area contributed by atoms with Gasteiger partial charge in [0.2, 0.25) is 10.0 Å². The van der Waals surface area contributed by atoms with Crippen LogP contribution in [0.4, 0.5) is 21.0 Å². The fraction of sp³-hybridized carbons (Fsp3) is 0.0667. The number of nitrogens with one attached hydrogen (secondary N) is 2. The van der Waals surface area contributed by atoms with E-state index in [1.165, 1.54) is 24.3 Å². The SMILES string of the molecule is CS(=O)(=O)N(C(=O)NC(=O)Nc1ccccc1I)c1ccc(Cl)cc1. The lowest BCUT2D eigenvalue weighted by Crippen LogP contribution is -2.47. The van der Waals surface area contributed by atoms with Crippen molar-refractivity contribution in [1.82, 2.24) is 5.32 Å². The van der Waals surface area contributed by atoms with Crippen molar-refractivity contribution < 1.29 is 18.0 Å². The summed E-state index contributed by atoms with van der Waals surface area (Å²) in [6.07, 6.45) is 0.860. The van der Waals surface area contributed by atoms with Gasteiger partial charge in [0.15, 0.2) is 0 Å². The Hall–Kier alpha value is -1.85. The van der Waals surface area contributed by atoms with Crippen molar-refractivity contribution in [3.05, 3.63) is 57.1 Å². The van der Waals surface area contributed by atoms with Crippen molar-refractivity contribution in [1.29, 1.82) is 0 Å². The second-order valence-corrected chi connectivity index (χ2v) is 8.30. The third-order valence-corrected chi connectivity index (χ3v) is 5.15. The normalized spacial score (nSPS) is 10.8. The summed E-state index contributed by atoms with van der Waals surface area (Å²) in [5.74, 6) is 0. The molecule has 0 aromatic heterocycles. The highest BCUT2D eigenvalue weighted by Crippen LogP contribution is 2.21. The average molecular weight is 494 g/mol. The number of imide groups is 1. The summed E-state index contributed by atoms with van der Waals surface area (Å²) in [4.78, 5) is 24.3. The van der Waals surface area contributed by atoms with Gasteiger partial charge in [0, 0.05) is 8.59 Å². The number of para-hydroxylation sites is 1. The van der Waals surface area contributed by atoms with Crippen molar-refractivity contribution in [2.45, 2.75) is 0 Å². The average Bonchev–Trinajstić information content (AvgIpc) is 2.50. The van der Waals surface area contributed by atoms with Crippen LogP contribution >= 0.6 is 34.2 Å². The summed E-state index contributed by atoms with van der Waals surface area (Å²) in [6.45, 7) is 0. The van der Waals surface area contributed by atoms with Gasteiger partial charge in [-0.3, -0.25) is 5.32 Å². The van der Waals surface area contributed by atoms with Crippen molar-refractivity contribution in [3.63, 3.8) is 0 Å². The minimum atomic E-state index is -3.96. The molecule has 0 bridgehead atoms. The molecule has 0 unspecified atom stereocenters. The molecule has 0 aliphatic carbocycles. The van der Waals surface area contributed by atoms with Crippen molar-refractivity contribution in [3.8, 4) is 0 Å². The fourth-order valence-corrected chi connectivity index (χ4v) is 3.40. The first-order valence-corrected chi connectivity index (χ1v) is 10.1. The van der Waals surface area contributed by atoms with Gasteiger partial charge in [-0.05, 0) is 59.0 Å². The Balaban J connectivity index is 2.19. The Morgan fingerprint density at radius 3 is 2.24 bits per heavy atom. The van der Waals surface area contributed by atoms with Crippen LogP contribution in [0, 0.1) is 3.57 Å². The summed E-state index contributed by atoms with van der Waals surface area (Å²) in [5.41, 5.74) is 0.553. The van der Waals surface area contributed by atoms with Gasteiger partial charge in [0.05, 0.1) is 17.6 Å². The molecule has 25 heavy (non-hydrogen) atoms. The number of hydrogen-bond donors (Lipinski definition) is 2. The molecule has 0 aliphatic heterocycles. The minimum Gasteiger partial charge on any atom is -0.307 e. The molecule has 0 aliphatic rings. The smallest absolute Gasteiger partial charge is 0.307 e. The second-order valence-electron chi connectivity index (χ2n) is 4.87. The molecule has 0 fully saturated rings. The van der Waals surface area contributed by atoms with Crippen LogP contribution in [-0.2, 0) is 10.0 Å². The summed E-state index contributed by atoms with van der Waals surface area (Å²) in [7, 11) is -3.96. The molecule has 0 saturated heterocycles. The van der Waals surface area contributed by atoms with Crippen molar-refractivity contribution >= 4 is 67.7 Å². The highest BCUT2D eigenvalue weighted by Gasteiger charge is 2.27. The lowest BCUT2D eigenvalue weighted by molar-refractivity contribution is 0.238. The molecule has 0 spiro atoms. The van der Waals surface area contributed by atoms with Crippen LogP contribution in [0.25, 0.3) is 0 Å². The molecular formula is C15H13ClIN3O4S. The number of hydrogen-bond acceptors (Lipinski definition) is 4. The Kier molecular flexibility index (Phi) is 6.25. The van der Waals surface area contributed by atoms with Gasteiger partial charge in [-0.2, -0.15) is 4.31 Å². The first-order chi connectivity index (χ1) is 11.7. The van der Waals surface area contributed by atoms with Crippen LogP contribution in [-0.4, -0.2) is 26.7 Å². The van der Waals surface area contributed by atoms with Gasteiger partial charge in [0.25, 0.3) is 0 Å². The van der Waals surface area contributed by atoms with E-state index in [9.17, 15) is 18.0 Å². The molecule has 2 rings (SSSR count). The summed E-state index contributed by atoms with van der Waals surface area (Å²) in [5, 5.41) is 4.87. The largest absolute Gasteiger partial charge is 0.343 e. The lowest BCUT2D eigenvalue weighted by atomic mass is 10.3. The number of carbonyl (C=O) groups is 2. The Bertz CT molecular complexity index is 903. The molecule has 0 saturated carbocycles. The van der Waals surface area contributed by atoms with E-state index >= 15 is 0 Å². The number of anilines is 2. The molecule has 0 atom stereocenters. The molecule has 2 N–H and O–H groups in total. The fourth-order valence-electron chi connectivity index (χ4n) is 1.90. The zero-order valence-corrected chi connectivity index (χ0v) is 16.6. The predicted octanol–water partition coefficient (Wildman–Crippen LogP) is 3.65. The monoisotopic (exact) mass is 493 g/mol. The zero-order valence-electron chi connectivity index (χ0n) is 12.9. The predicted molar refractivity (Wildman–Crippen MR) is 105 cm³/mol. The number of halogens is 2. The maximum atomic E-state index is 12.3. The van der Waals surface area contributed by atoms with E-state index < -0.39 is 22.1 Å². The maximum absolute atomic E-state index is 12.3. The summed E-state index contributed by atoms with van der Waals surface area (Å²) < 4.78 is 25.2. The minimum absolute atomic E-state index is 0.0616. The van der Waals surface area contributed by atoms with Crippen LogP contribution in [0.5, 0.6) is 0 Å². The standard InChI is InChI=1S/C15H13ClIN3O4S/c1-25(23,24)20(11-8-6-10(16)7-9-11)15(22)19-14(21)18-13-5-3-2-4-12(13)17/h2-9H,1H3,(H2,18,19,21,22). The third kappa shape index (κ3) is 5.31. The first kappa shape index (κ1) is 19.5. The Labute approximate surface area is 163 Å². The summed E-state index contributed by atoms with van der Waals surface area (Å²) in [6, 6.07) is 10.6. The van der Waals surface area contributed by atoms with E-state index in [1.807, 2.05) is 27.9 Å². The third-order valence-electron chi connectivity index (χ3n) is 2.92. The Morgan fingerprint density at radius 1 is 1.08 bits per heavy atom. The van der Waals surface area contributed by atoms with Gasteiger partial charge in [-0.25, -0.2) is 18.0 Å². The molecule has 2 aromatic rings. The maximum Gasteiger partial charge on any atom is 0.343 e. The van der Waals surface area contributed by atoms with E-state index in [1.54, 1.807) is 24.3 Å². The quantitative estimate of drug-likeness (QED) is 0.638. The topological polar surface area (TPSA) is 95.6 Å². The molecular weight excluding hydrogens is 481 g/mol. The van der Waals surface area contributed by atoms with Crippen molar-refractivity contribution in [2.24, 2.45) is 0 Å². The van der Waals surface area contributed by atoms with Crippen LogP contribution < -0.4 is 14.9 Å². The van der Waals surface area contributed by atoms with Crippen LogP contribution in [0.1, 0.15) is 0 Å². The summed E-state index contributed by atoms with van der Waals surface area (Å²) >= 11 is 7.79. The first-order valence-electron chi connectivity index (χ1n) is 6.81. The number of rotatable bonds is 3. The van der Waals surface area contributed by atoms with Gasteiger partial charge in [0.1, 0.15) is 0 Å². The van der Waals surface area contributed by atoms with Gasteiger partial charge < -0.3 is 5.32 Å². The van der Waals surface area contributed by atoms with E-state index in [0.717, 1.165) is 9.83 Å². The van der Waals surface area contributed by atoms with Gasteiger partial charge >= 0.3 is 12.1 Å². The zero-order chi connectivity index (χ0) is 18.6. The van der Waals surface area contributed by atoms with Gasteiger partial charge in [-0.1, -0.05) is 23.7 Å². The van der Waals surface area contributed by atoms with E-state index in [2.05, 4.69) is 5.32 Å². The van der Waals surface area contributed by atoms with Crippen molar-refractivity contribution in [2.75, 3.05) is 15.9 Å². The van der Waals surface area contributed by atoms with Gasteiger partial charge in [-0.15, -0.1) is 0 Å². The number of carbonyl (C=O) groups excluding carboxylic acids is 2. The molecule has 10 heteroatoms. The lowest BCUT2D eigenvalue weighted by Gasteiger charge is -2.20. The number of sulfonamides is 1. The van der Waals surface area contributed by atoms with E-state index in [4.69, 9.17) is 11.6 Å². The van der Waals surface area contributed by atoms with Crippen LogP contribution in [0.15, 0.2) is 48.5 Å². The van der Waals surface area contributed by atoms with Crippen LogP contribution in [0.2, 0.25) is 5.02 Å². The Morgan fingerprint density at radius 2 is 1.68 bits per heavy atom. The molecule has 0 heterocycles. The second kappa shape index (κ2) is 8.02. The molecule has 0 radical (unpaired) electrons. The molecule has 132 valence electrons.